The molecule has 0 atom stereocenters. The molecular weight excluding hydrogens is 290 g/mol. The molecule has 0 aliphatic rings. The number of nitrogens with zero attached hydrogens (tertiary/aromatic N) is 3. The van der Waals surface area contributed by atoms with Crippen molar-refractivity contribution >= 4 is 17.5 Å². The first-order valence-electron chi connectivity index (χ1n) is 6.75. The molecule has 2 aromatic rings. The van der Waals surface area contributed by atoms with Gasteiger partial charge in [-0.2, -0.15) is 9.67 Å². The van der Waals surface area contributed by atoms with Crippen LogP contribution in [0.2, 0.25) is 0 Å². The molecular formula is C15H18ClN3O2. The number of carbonyl (C=O) groups is 1. The molecule has 1 aromatic carbocycles. The predicted molar refractivity (Wildman–Crippen MR) is 81.8 cm³/mol. The highest BCUT2D eigenvalue weighted by Crippen LogP contribution is 2.25. The van der Waals surface area contributed by atoms with Crippen molar-refractivity contribution in [1.82, 2.24) is 14.8 Å². The van der Waals surface area contributed by atoms with E-state index >= 15 is 0 Å². The number of ether oxygens (including phenoxy) is 1. The lowest BCUT2D eigenvalue weighted by Gasteiger charge is -2.19. The molecule has 0 fully saturated rings. The first-order chi connectivity index (χ1) is 9.99. The van der Waals surface area contributed by atoms with Gasteiger partial charge in [-0.05, 0) is 20.8 Å². The number of hydrogen-bond acceptors (Lipinski definition) is 4. The number of aromatic nitrogens is 3. The van der Waals surface area contributed by atoms with Crippen LogP contribution < -0.4 is 4.74 Å². The second-order valence-corrected chi connectivity index (χ2v) is 5.52. The molecule has 0 N–H and O–H groups in total. The fourth-order valence-corrected chi connectivity index (χ4v) is 1.86. The summed E-state index contributed by atoms with van der Waals surface area (Å²) in [6.45, 7) is 5.83. The van der Waals surface area contributed by atoms with Gasteiger partial charge in [0.05, 0.1) is 12.0 Å². The average molecular weight is 308 g/mol. The van der Waals surface area contributed by atoms with E-state index in [2.05, 4.69) is 10.1 Å². The second kappa shape index (κ2) is 6.26. The molecule has 5 nitrogen and oxygen atoms in total. The third-order valence-corrected chi connectivity index (χ3v) is 3.67. The zero-order chi connectivity index (χ0) is 15.5. The van der Waals surface area contributed by atoms with Gasteiger partial charge in [-0.15, -0.1) is 16.7 Å². The van der Waals surface area contributed by atoms with Gasteiger partial charge >= 0.3 is 6.01 Å². The number of benzene rings is 1. The monoisotopic (exact) mass is 307 g/mol. The molecule has 6 heteroatoms. The Morgan fingerprint density at radius 1 is 1.33 bits per heavy atom. The molecule has 1 aromatic heterocycles. The zero-order valence-corrected chi connectivity index (χ0v) is 13.1. The summed E-state index contributed by atoms with van der Waals surface area (Å²) in [5.41, 5.74) is 0.0668. The minimum Gasteiger partial charge on any atom is -0.463 e. The summed E-state index contributed by atoms with van der Waals surface area (Å²) in [6, 6.07) is 9.60. The average Bonchev–Trinajstić information content (AvgIpc) is 2.91. The number of hydrogen-bond donors (Lipinski definition) is 0. The van der Waals surface area contributed by atoms with E-state index in [0.717, 1.165) is 5.56 Å². The Morgan fingerprint density at radius 3 is 2.57 bits per heavy atom. The molecule has 0 unspecified atom stereocenters. The van der Waals surface area contributed by atoms with Crippen LogP contribution in [-0.2, 0) is 0 Å². The molecule has 0 saturated carbocycles. The van der Waals surface area contributed by atoms with Crippen LogP contribution in [0.25, 0.3) is 11.4 Å². The van der Waals surface area contributed by atoms with E-state index in [4.69, 9.17) is 16.3 Å². The summed E-state index contributed by atoms with van der Waals surface area (Å²) in [6.07, 6.45) is 0. The van der Waals surface area contributed by atoms with Crippen molar-refractivity contribution in [2.24, 2.45) is 5.41 Å². The maximum Gasteiger partial charge on any atom is 0.336 e. The van der Waals surface area contributed by atoms with Gasteiger partial charge in [0, 0.05) is 11.4 Å². The van der Waals surface area contributed by atoms with Crippen molar-refractivity contribution in [3.8, 4) is 17.4 Å². The maximum absolute atomic E-state index is 12.6. The largest absolute Gasteiger partial charge is 0.463 e. The Morgan fingerprint density at radius 2 is 2.00 bits per heavy atom. The van der Waals surface area contributed by atoms with Crippen LogP contribution >= 0.6 is 11.6 Å². The van der Waals surface area contributed by atoms with E-state index in [0.29, 0.717) is 12.4 Å². The van der Waals surface area contributed by atoms with Crippen LogP contribution in [0, 0.1) is 5.41 Å². The lowest BCUT2D eigenvalue weighted by Crippen LogP contribution is -2.32. The lowest BCUT2D eigenvalue weighted by molar-refractivity contribution is 0.0753. The minimum atomic E-state index is -0.734. The van der Waals surface area contributed by atoms with E-state index < -0.39 is 5.41 Å². The van der Waals surface area contributed by atoms with Crippen molar-refractivity contribution in [3.05, 3.63) is 30.3 Å². The van der Waals surface area contributed by atoms with Gasteiger partial charge in [0.15, 0.2) is 5.82 Å². The lowest BCUT2D eigenvalue weighted by atomic mass is 9.95. The molecule has 0 bridgehead atoms. The van der Waals surface area contributed by atoms with Gasteiger partial charge in [-0.1, -0.05) is 30.3 Å². The minimum absolute atomic E-state index is 0.190. The fraction of sp³-hybridized carbons (Fsp3) is 0.400. The number of halogens is 1. The molecule has 0 radical (unpaired) electrons. The van der Waals surface area contributed by atoms with Gasteiger partial charge in [-0.25, -0.2) is 0 Å². The Bertz CT molecular complexity index is 623. The van der Waals surface area contributed by atoms with Gasteiger partial charge in [0.1, 0.15) is 0 Å². The van der Waals surface area contributed by atoms with Crippen LogP contribution in [0.15, 0.2) is 30.3 Å². The van der Waals surface area contributed by atoms with Crippen molar-refractivity contribution in [1.29, 1.82) is 0 Å². The quantitative estimate of drug-likeness (QED) is 0.796. The van der Waals surface area contributed by atoms with Crippen molar-refractivity contribution in [3.63, 3.8) is 0 Å². The molecule has 0 aliphatic heterocycles. The highest BCUT2D eigenvalue weighted by atomic mass is 35.5. The smallest absolute Gasteiger partial charge is 0.336 e. The number of alkyl halides is 1. The summed E-state index contributed by atoms with van der Waals surface area (Å²) in [4.78, 5) is 16.9. The molecule has 112 valence electrons. The van der Waals surface area contributed by atoms with E-state index in [9.17, 15) is 4.79 Å². The molecule has 1 heterocycles. The van der Waals surface area contributed by atoms with Gasteiger partial charge in [0.25, 0.3) is 5.91 Å². The Hall–Kier alpha value is -1.88. The van der Waals surface area contributed by atoms with Crippen molar-refractivity contribution < 1.29 is 9.53 Å². The second-order valence-electron chi connectivity index (χ2n) is 5.25. The Balaban J connectivity index is 2.51. The SMILES string of the molecule is CCOc1nc(-c2ccccc2)n(C(=O)C(C)(C)CCl)n1. The van der Waals surface area contributed by atoms with Gasteiger partial charge in [0.2, 0.25) is 0 Å². The summed E-state index contributed by atoms with van der Waals surface area (Å²) >= 11 is 5.89. The third-order valence-electron chi connectivity index (χ3n) is 3.00. The first-order valence-corrected chi connectivity index (χ1v) is 7.29. The van der Waals surface area contributed by atoms with Crippen LogP contribution in [0.1, 0.15) is 25.6 Å². The first kappa shape index (κ1) is 15.5. The van der Waals surface area contributed by atoms with E-state index in [1.54, 1.807) is 13.8 Å². The van der Waals surface area contributed by atoms with E-state index in [1.807, 2.05) is 37.3 Å². The predicted octanol–water partition coefficient (Wildman–Crippen LogP) is 3.25. The van der Waals surface area contributed by atoms with Crippen LogP contribution in [-0.4, -0.2) is 33.2 Å². The molecule has 2 rings (SSSR count). The summed E-state index contributed by atoms with van der Waals surface area (Å²) in [5.74, 6) is 0.446. The molecule has 21 heavy (non-hydrogen) atoms. The van der Waals surface area contributed by atoms with Crippen LogP contribution in [0.4, 0.5) is 0 Å². The van der Waals surface area contributed by atoms with Crippen LogP contribution in [0.3, 0.4) is 0 Å². The normalized spacial score (nSPS) is 11.4. The summed E-state index contributed by atoms with van der Waals surface area (Å²) < 4.78 is 6.60. The number of rotatable bonds is 5. The standard InChI is InChI=1S/C15H18ClN3O2/c1-4-21-14-17-12(11-8-6-5-7-9-11)19(18-14)13(20)15(2,3)10-16/h5-9H,4,10H2,1-3H3. The highest BCUT2D eigenvalue weighted by Gasteiger charge is 2.31. The zero-order valence-electron chi connectivity index (χ0n) is 12.3. The topological polar surface area (TPSA) is 57.0 Å². The number of carbonyl (C=O) groups excluding carboxylic acids is 1. The third kappa shape index (κ3) is 3.24. The summed E-state index contributed by atoms with van der Waals surface area (Å²) in [5, 5.41) is 4.17. The fourth-order valence-electron chi connectivity index (χ4n) is 1.74. The highest BCUT2D eigenvalue weighted by molar-refractivity contribution is 6.20. The molecule has 0 saturated heterocycles. The maximum atomic E-state index is 12.6. The van der Waals surface area contributed by atoms with E-state index in [-0.39, 0.29) is 17.8 Å². The van der Waals surface area contributed by atoms with Crippen molar-refractivity contribution in [2.45, 2.75) is 20.8 Å². The van der Waals surface area contributed by atoms with Crippen LogP contribution in [0.5, 0.6) is 6.01 Å². The summed E-state index contributed by atoms with van der Waals surface area (Å²) in [7, 11) is 0. The van der Waals surface area contributed by atoms with Gasteiger partial charge in [-0.3, -0.25) is 4.79 Å². The molecule has 0 aliphatic carbocycles. The molecule has 0 amide bonds. The Kier molecular flexibility index (Phi) is 4.63. The Labute approximate surface area is 128 Å². The van der Waals surface area contributed by atoms with Crippen molar-refractivity contribution in [2.75, 3.05) is 12.5 Å². The molecule has 0 spiro atoms. The van der Waals surface area contributed by atoms with Gasteiger partial charge < -0.3 is 4.74 Å². The van der Waals surface area contributed by atoms with E-state index in [1.165, 1.54) is 4.68 Å².